The van der Waals surface area contributed by atoms with Crippen molar-refractivity contribution in [3.63, 3.8) is 0 Å². The van der Waals surface area contributed by atoms with Crippen molar-refractivity contribution in [2.45, 2.75) is 13.3 Å². The Morgan fingerprint density at radius 2 is 2.38 bits per heavy atom. The molecular formula is C9H11N3O. The predicted molar refractivity (Wildman–Crippen MR) is 49.3 cm³/mol. The van der Waals surface area contributed by atoms with Gasteiger partial charge in [-0.2, -0.15) is 10.2 Å². The lowest BCUT2D eigenvalue weighted by atomic mass is 10.3. The summed E-state index contributed by atoms with van der Waals surface area (Å²) in [5.41, 5.74) is 7.07. The number of rotatable bonds is 2. The molecule has 0 radical (unpaired) electrons. The molecule has 13 heavy (non-hydrogen) atoms. The quantitative estimate of drug-likeness (QED) is 0.744. The third-order valence-electron chi connectivity index (χ3n) is 1.94. The first kappa shape index (κ1) is 8.19. The van der Waals surface area contributed by atoms with Gasteiger partial charge in [-0.15, -0.1) is 0 Å². The molecule has 2 heterocycles. The van der Waals surface area contributed by atoms with E-state index in [9.17, 15) is 0 Å². The van der Waals surface area contributed by atoms with Crippen molar-refractivity contribution in [2.24, 2.45) is 5.73 Å². The van der Waals surface area contributed by atoms with E-state index in [-0.39, 0.29) is 0 Å². The van der Waals surface area contributed by atoms with Crippen molar-refractivity contribution in [3.05, 3.63) is 23.7 Å². The summed E-state index contributed by atoms with van der Waals surface area (Å²) in [4.78, 5) is 0. The molecule has 0 saturated heterocycles. The molecule has 0 aliphatic heterocycles. The standard InChI is InChI=1S/C9H11N3O/c1-6-9-7(5-11-12-6)4-8(13-9)2-3-10/h4-5H,2-3,10H2,1H3. The highest BCUT2D eigenvalue weighted by atomic mass is 16.3. The normalized spacial score (nSPS) is 10.9. The van der Waals surface area contributed by atoms with Crippen molar-refractivity contribution in [1.82, 2.24) is 10.2 Å². The third kappa shape index (κ3) is 1.40. The van der Waals surface area contributed by atoms with E-state index in [4.69, 9.17) is 10.2 Å². The lowest BCUT2D eigenvalue weighted by molar-refractivity contribution is 0.546. The highest BCUT2D eigenvalue weighted by Crippen LogP contribution is 2.19. The molecule has 2 rings (SSSR count). The van der Waals surface area contributed by atoms with Crippen LogP contribution < -0.4 is 5.73 Å². The van der Waals surface area contributed by atoms with Gasteiger partial charge in [-0.3, -0.25) is 0 Å². The largest absolute Gasteiger partial charge is 0.459 e. The smallest absolute Gasteiger partial charge is 0.158 e. The summed E-state index contributed by atoms with van der Waals surface area (Å²) in [6.45, 7) is 2.48. The van der Waals surface area contributed by atoms with E-state index in [1.807, 2.05) is 13.0 Å². The average Bonchev–Trinajstić information content (AvgIpc) is 2.49. The Morgan fingerprint density at radius 3 is 3.08 bits per heavy atom. The van der Waals surface area contributed by atoms with E-state index in [1.165, 1.54) is 0 Å². The Bertz CT molecular complexity index is 422. The number of aryl methyl sites for hydroxylation is 1. The molecule has 0 spiro atoms. The molecule has 4 nitrogen and oxygen atoms in total. The highest BCUT2D eigenvalue weighted by Gasteiger charge is 2.05. The van der Waals surface area contributed by atoms with Crippen LogP contribution in [0.4, 0.5) is 0 Å². The van der Waals surface area contributed by atoms with Gasteiger partial charge in [0, 0.05) is 11.8 Å². The van der Waals surface area contributed by atoms with Gasteiger partial charge in [0.25, 0.3) is 0 Å². The zero-order chi connectivity index (χ0) is 9.26. The summed E-state index contributed by atoms with van der Waals surface area (Å²) < 4.78 is 5.56. The Balaban J connectivity index is 2.55. The molecule has 0 saturated carbocycles. The van der Waals surface area contributed by atoms with E-state index in [2.05, 4.69) is 10.2 Å². The predicted octanol–water partition coefficient (Wildman–Crippen LogP) is 1.03. The minimum atomic E-state index is 0.597. The second kappa shape index (κ2) is 3.14. The summed E-state index contributed by atoms with van der Waals surface area (Å²) in [6.07, 6.45) is 2.46. The molecule has 0 amide bonds. The fraction of sp³-hybridized carbons (Fsp3) is 0.333. The Kier molecular flexibility index (Phi) is 1.98. The second-order valence-electron chi connectivity index (χ2n) is 2.97. The van der Waals surface area contributed by atoms with Crippen LogP contribution in [0.1, 0.15) is 11.5 Å². The number of hydrogen-bond acceptors (Lipinski definition) is 4. The Morgan fingerprint density at radius 1 is 1.54 bits per heavy atom. The average molecular weight is 177 g/mol. The fourth-order valence-electron chi connectivity index (χ4n) is 1.33. The van der Waals surface area contributed by atoms with Gasteiger partial charge in [0.15, 0.2) is 5.58 Å². The minimum absolute atomic E-state index is 0.597. The van der Waals surface area contributed by atoms with Crippen LogP contribution in [0.3, 0.4) is 0 Å². The highest BCUT2D eigenvalue weighted by molar-refractivity contribution is 5.78. The lowest BCUT2D eigenvalue weighted by Crippen LogP contribution is -2.01. The van der Waals surface area contributed by atoms with Crippen molar-refractivity contribution in [2.75, 3.05) is 6.54 Å². The maximum absolute atomic E-state index is 5.56. The topological polar surface area (TPSA) is 64.9 Å². The molecule has 0 aromatic carbocycles. The zero-order valence-electron chi connectivity index (χ0n) is 7.45. The second-order valence-corrected chi connectivity index (χ2v) is 2.97. The summed E-state index contributed by atoms with van der Waals surface area (Å²) in [5.74, 6) is 0.899. The molecule has 0 aliphatic carbocycles. The Hall–Kier alpha value is -1.42. The molecule has 2 aromatic rings. The van der Waals surface area contributed by atoms with E-state index in [1.54, 1.807) is 6.20 Å². The minimum Gasteiger partial charge on any atom is -0.459 e. The van der Waals surface area contributed by atoms with Crippen molar-refractivity contribution >= 4 is 11.0 Å². The van der Waals surface area contributed by atoms with E-state index in [0.717, 1.165) is 28.8 Å². The van der Waals surface area contributed by atoms with Crippen LogP contribution in [0, 0.1) is 6.92 Å². The molecule has 0 bridgehead atoms. The molecule has 4 heteroatoms. The van der Waals surface area contributed by atoms with Crippen LogP contribution in [0.25, 0.3) is 11.0 Å². The molecule has 0 atom stereocenters. The fourth-order valence-corrected chi connectivity index (χ4v) is 1.33. The van der Waals surface area contributed by atoms with E-state index < -0.39 is 0 Å². The number of furan rings is 1. The Labute approximate surface area is 75.7 Å². The van der Waals surface area contributed by atoms with E-state index >= 15 is 0 Å². The first-order valence-corrected chi connectivity index (χ1v) is 4.22. The summed E-state index contributed by atoms with van der Waals surface area (Å²) >= 11 is 0. The van der Waals surface area contributed by atoms with Crippen molar-refractivity contribution in [3.8, 4) is 0 Å². The number of hydrogen-bond donors (Lipinski definition) is 1. The first-order valence-electron chi connectivity index (χ1n) is 4.22. The van der Waals surface area contributed by atoms with Crippen LogP contribution in [0.2, 0.25) is 0 Å². The summed E-state index contributed by atoms with van der Waals surface area (Å²) in [5, 5.41) is 8.75. The monoisotopic (exact) mass is 177 g/mol. The number of nitrogens with zero attached hydrogens (tertiary/aromatic N) is 2. The van der Waals surface area contributed by atoms with Crippen molar-refractivity contribution < 1.29 is 4.42 Å². The van der Waals surface area contributed by atoms with Gasteiger partial charge in [0.2, 0.25) is 0 Å². The first-order chi connectivity index (χ1) is 6.31. The van der Waals surface area contributed by atoms with Gasteiger partial charge in [0.05, 0.1) is 6.20 Å². The molecule has 0 aliphatic rings. The zero-order valence-corrected chi connectivity index (χ0v) is 7.45. The molecule has 0 unspecified atom stereocenters. The van der Waals surface area contributed by atoms with Crippen LogP contribution in [-0.4, -0.2) is 16.7 Å². The summed E-state index contributed by atoms with van der Waals surface area (Å²) in [6, 6.07) is 1.96. The van der Waals surface area contributed by atoms with Gasteiger partial charge < -0.3 is 10.2 Å². The van der Waals surface area contributed by atoms with Crippen LogP contribution in [0.5, 0.6) is 0 Å². The van der Waals surface area contributed by atoms with Crippen molar-refractivity contribution in [1.29, 1.82) is 0 Å². The van der Waals surface area contributed by atoms with Gasteiger partial charge >= 0.3 is 0 Å². The molecular weight excluding hydrogens is 166 g/mol. The molecule has 0 fully saturated rings. The number of aromatic nitrogens is 2. The van der Waals surface area contributed by atoms with Gasteiger partial charge in [0.1, 0.15) is 11.5 Å². The third-order valence-corrected chi connectivity index (χ3v) is 1.94. The maximum Gasteiger partial charge on any atom is 0.158 e. The molecule has 68 valence electrons. The SMILES string of the molecule is Cc1nncc2cc(CCN)oc12. The van der Waals surface area contributed by atoms with Crippen LogP contribution in [0.15, 0.2) is 16.7 Å². The summed E-state index contributed by atoms with van der Waals surface area (Å²) in [7, 11) is 0. The van der Waals surface area contributed by atoms with Crippen LogP contribution in [-0.2, 0) is 6.42 Å². The number of fused-ring (bicyclic) bond motifs is 1. The maximum atomic E-state index is 5.56. The van der Waals surface area contributed by atoms with Gasteiger partial charge in [-0.1, -0.05) is 0 Å². The molecule has 2 aromatic heterocycles. The van der Waals surface area contributed by atoms with E-state index in [0.29, 0.717) is 6.54 Å². The van der Waals surface area contributed by atoms with Gasteiger partial charge in [-0.05, 0) is 19.5 Å². The number of nitrogens with two attached hydrogens (primary N) is 1. The van der Waals surface area contributed by atoms with Gasteiger partial charge in [-0.25, -0.2) is 0 Å². The lowest BCUT2D eigenvalue weighted by Gasteiger charge is -1.90. The van der Waals surface area contributed by atoms with Crippen LogP contribution >= 0.6 is 0 Å². The molecule has 2 N–H and O–H groups in total.